The second-order valence-corrected chi connectivity index (χ2v) is 7.43. The van der Waals surface area contributed by atoms with Gasteiger partial charge in [0.05, 0.1) is 5.69 Å². The molecule has 150 valence electrons. The fraction of sp³-hybridized carbons (Fsp3) is 0.789. The van der Waals surface area contributed by atoms with Crippen molar-refractivity contribution in [3.05, 3.63) is 17.0 Å². The average molecular weight is 476 g/mol. The fourth-order valence-electron chi connectivity index (χ4n) is 3.74. The van der Waals surface area contributed by atoms with Crippen LogP contribution in [-0.2, 0) is 13.5 Å². The Morgan fingerprint density at radius 3 is 2.69 bits per heavy atom. The van der Waals surface area contributed by atoms with Crippen LogP contribution in [0.4, 0.5) is 0 Å². The van der Waals surface area contributed by atoms with E-state index < -0.39 is 0 Å². The number of aryl methyl sites for hydroxylation is 2. The third-order valence-electron chi connectivity index (χ3n) is 5.24. The largest absolute Gasteiger partial charge is 0.356 e. The van der Waals surface area contributed by atoms with Crippen LogP contribution in [-0.4, -0.2) is 59.9 Å². The number of hydrogen-bond acceptors (Lipinski definition) is 3. The molecule has 26 heavy (non-hydrogen) atoms. The average Bonchev–Trinajstić information content (AvgIpc) is 3.11. The zero-order valence-electron chi connectivity index (χ0n) is 17.3. The molecule has 2 N–H and O–H groups in total. The van der Waals surface area contributed by atoms with Crippen molar-refractivity contribution in [3.63, 3.8) is 0 Å². The van der Waals surface area contributed by atoms with Gasteiger partial charge in [-0.3, -0.25) is 9.67 Å². The topological polar surface area (TPSA) is 57.5 Å². The van der Waals surface area contributed by atoms with Gasteiger partial charge in [0.1, 0.15) is 0 Å². The molecule has 0 aliphatic carbocycles. The molecule has 2 atom stereocenters. The highest BCUT2D eigenvalue weighted by Gasteiger charge is 2.22. The lowest BCUT2D eigenvalue weighted by Gasteiger charge is -2.20. The van der Waals surface area contributed by atoms with Gasteiger partial charge in [-0.25, -0.2) is 0 Å². The standard InChI is InChI=1S/C19H36N6.HI/c1-7-9-25-10-8-17(13-25)12-21-19(20-5)22-14(2)11-18-15(3)23-24(6)16(18)4;/h14,17H,7-13H2,1-6H3,(H2,20,21,22);1H. The Balaban J connectivity index is 0.00000338. The highest BCUT2D eigenvalue weighted by molar-refractivity contribution is 14.0. The number of guanidine groups is 1. The Bertz CT molecular complexity index is 583. The summed E-state index contributed by atoms with van der Waals surface area (Å²) >= 11 is 0. The number of aromatic nitrogens is 2. The second-order valence-electron chi connectivity index (χ2n) is 7.43. The maximum atomic E-state index is 4.51. The third kappa shape index (κ3) is 6.40. The van der Waals surface area contributed by atoms with Crippen molar-refractivity contribution < 1.29 is 0 Å². The molecule has 1 aliphatic rings. The molecule has 1 saturated heterocycles. The van der Waals surface area contributed by atoms with Crippen LogP contribution in [0.15, 0.2) is 4.99 Å². The minimum absolute atomic E-state index is 0. The van der Waals surface area contributed by atoms with Gasteiger partial charge in [0, 0.05) is 38.9 Å². The summed E-state index contributed by atoms with van der Waals surface area (Å²) in [5.74, 6) is 1.63. The molecule has 1 aromatic rings. The van der Waals surface area contributed by atoms with E-state index in [1.807, 2.05) is 18.8 Å². The molecule has 0 spiro atoms. The summed E-state index contributed by atoms with van der Waals surface area (Å²) in [6, 6.07) is 0.313. The van der Waals surface area contributed by atoms with Crippen LogP contribution in [0.3, 0.4) is 0 Å². The quantitative estimate of drug-likeness (QED) is 0.361. The molecule has 0 amide bonds. The summed E-state index contributed by atoms with van der Waals surface area (Å²) in [5, 5.41) is 11.6. The molecule has 6 nitrogen and oxygen atoms in total. The Kier molecular flexibility index (Phi) is 9.92. The van der Waals surface area contributed by atoms with E-state index in [0.29, 0.717) is 6.04 Å². The first-order valence-electron chi connectivity index (χ1n) is 9.63. The number of nitrogens with one attached hydrogen (secondary N) is 2. The van der Waals surface area contributed by atoms with Crippen LogP contribution in [0.2, 0.25) is 0 Å². The SMILES string of the molecule is CCCN1CCC(CNC(=NC)NC(C)Cc2c(C)nn(C)c2C)C1.I. The molecule has 0 radical (unpaired) electrons. The van der Waals surface area contributed by atoms with E-state index in [2.05, 4.69) is 53.3 Å². The van der Waals surface area contributed by atoms with E-state index in [0.717, 1.165) is 30.5 Å². The van der Waals surface area contributed by atoms with Gasteiger partial charge in [0.15, 0.2) is 5.96 Å². The first kappa shape index (κ1) is 23.2. The smallest absolute Gasteiger partial charge is 0.191 e. The molecule has 2 heterocycles. The summed E-state index contributed by atoms with van der Waals surface area (Å²) in [7, 11) is 3.86. The van der Waals surface area contributed by atoms with Crippen molar-refractivity contribution in [2.45, 2.75) is 53.0 Å². The minimum atomic E-state index is 0. The van der Waals surface area contributed by atoms with E-state index in [1.54, 1.807) is 0 Å². The molecular weight excluding hydrogens is 439 g/mol. The van der Waals surface area contributed by atoms with E-state index >= 15 is 0 Å². The van der Waals surface area contributed by atoms with Crippen molar-refractivity contribution in [3.8, 4) is 0 Å². The van der Waals surface area contributed by atoms with Crippen LogP contribution in [0.25, 0.3) is 0 Å². The van der Waals surface area contributed by atoms with Crippen LogP contribution in [0.5, 0.6) is 0 Å². The zero-order valence-corrected chi connectivity index (χ0v) is 19.6. The Labute approximate surface area is 176 Å². The molecule has 1 fully saturated rings. The molecule has 2 rings (SSSR count). The van der Waals surface area contributed by atoms with Gasteiger partial charge in [0.2, 0.25) is 0 Å². The van der Waals surface area contributed by atoms with Gasteiger partial charge in [-0.2, -0.15) is 5.10 Å². The van der Waals surface area contributed by atoms with E-state index in [9.17, 15) is 0 Å². The van der Waals surface area contributed by atoms with E-state index in [4.69, 9.17) is 0 Å². The number of nitrogens with zero attached hydrogens (tertiary/aromatic N) is 4. The maximum Gasteiger partial charge on any atom is 0.191 e. The Hall–Kier alpha value is -0.830. The van der Waals surface area contributed by atoms with E-state index in [1.165, 1.54) is 43.7 Å². The fourth-order valence-corrected chi connectivity index (χ4v) is 3.74. The maximum absolute atomic E-state index is 4.51. The molecule has 0 bridgehead atoms. The van der Waals surface area contributed by atoms with Crippen molar-refractivity contribution in [2.75, 3.05) is 33.2 Å². The highest BCUT2D eigenvalue weighted by atomic mass is 127. The van der Waals surface area contributed by atoms with Crippen molar-refractivity contribution >= 4 is 29.9 Å². The Morgan fingerprint density at radius 2 is 2.12 bits per heavy atom. The second kappa shape index (κ2) is 11.1. The molecular formula is C19H37IN6. The lowest BCUT2D eigenvalue weighted by molar-refractivity contribution is 0.324. The number of hydrogen-bond donors (Lipinski definition) is 2. The number of halogens is 1. The normalized spacial score (nSPS) is 19.3. The lowest BCUT2D eigenvalue weighted by atomic mass is 10.1. The number of aliphatic imine (C=N–C) groups is 1. The monoisotopic (exact) mass is 476 g/mol. The van der Waals surface area contributed by atoms with Crippen LogP contribution >= 0.6 is 24.0 Å². The van der Waals surface area contributed by atoms with Crippen LogP contribution in [0.1, 0.15) is 43.6 Å². The first-order valence-corrected chi connectivity index (χ1v) is 9.63. The summed E-state index contributed by atoms with van der Waals surface area (Å²) in [4.78, 5) is 6.96. The summed E-state index contributed by atoms with van der Waals surface area (Å²) in [5.41, 5.74) is 3.71. The summed E-state index contributed by atoms with van der Waals surface area (Å²) in [6.45, 7) is 13.4. The van der Waals surface area contributed by atoms with Gasteiger partial charge in [-0.05, 0) is 64.6 Å². The molecule has 1 aromatic heterocycles. The van der Waals surface area contributed by atoms with Crippen molar-refractivity contribution in [2.24, 2.45) is 18.0 Å². The van der Waals surface area contributed by atoms with Gasteiger partial charge in [-0.1, -0.05) is 6.92 Å². The summed E-state index contributed by atoms with van der Waals surface area (Å²) < 4.78 is 1.96. The predicted molar refractivity (Wildman–Crippen MR) is 121 cm³/mol. The molecule has 2 unspecified atom stereocenters. The van der Waals surface area contributed by atoms with Gasteiger partial charge in [0.25, 0.3) is 0 Å². The van der Waals surface area contributed by atoms with Crippen molar-refractivity contribution in [1.82, 2.24) is 25.3 Å². The first-order chi connectivity index (χ1) is 11.9. The highest BCUT2D eigenvalue weighted by Crippen LogP contribution is 2.16. The number of likely N-dealkylation sites (tertiary alicyclic amines) is 1. The number of rotatable bonds is 7. The third-order valence-corrected chi connectivity index (χ3v) is 5.24. The molecule has 0 aromatic carbocycles. The van der Waals surface area contributed by atoms with Crippen LogP contribution in [0, 0.1) is 19.8 Å². The molecule has 7 heteroatoms. The zero-order chi connectivity index (χ0) is 18.4. The lowest BCUT2D eigenvalue weighted by Crippen LogP contribution is -2.45. The summed E-state index contributed by atoms with van der Waals surface area (Å²) in [6.07, 6.45) is 3.49. The minimum Gasteiger partial charge on any atom is -0.356 e. The molecule has 1 aliphatic heterocycles. The molecule has 0 saturated carbocycles. The van der Waals surface area contributed by atoms with Gasteiger partial charge < -0.3 is 15.5 Å². The van der Waals surface area contributed by atoms with Crippen molar-refractivity contribution in [1.29, 1.82) is 0 Å². The van der Waals surface area contributed by atoms with Crippen LogP contribution < -0.4 is 10.6 Å². The van der Waals surface area contributed by atoms with Gasteiger partial charge in [-0.15, -0.1) is 24.0 Å². The van der Waals surface area contributed by atoms with E-state index in [-0.39, 0.29) is 24.0 Å². The predicted octanol–water partition coefficient (Wildman–Crippen LogP) is 2.48. The Morgan fingerprint density at radius 1 is 1.38 bits per heavy atom. The van der Waals surface area contributed by atoms with Gasteiger partial charge >= 0.3 is 0 Å².